The van der Waals surface area contributed by atoms with Gasteiger partial charge in [0.25, 0.3) is 0 Å². The molecule has 0 unspecified atom stereocenters. The van der Waals surface area contributed by atoms with E-state index in [1.54, 1.807) is 11.9 Å². The molecule has 1 rings (SSSR count). The van der Waals surface area contributed by atoms with Gasteiger partial charge in [0, 0.05) is 11.4 Å². The van der Waals surface area contributed by atoms with Gasteiger partial charge in [0.15, 0.2) is 0 Å². The second-order valence-corrected chi connectivity index (χ2v) is 3.56. The van der Waals surface area contributed by atoms with Crippen LogP contribution in [0.5, 0.6) is 5.75 Å². The van der Waals surface area contributed by atoms with Gasteiger partial charge in [0.2, 0.25) is 0 Å². The van der Waals surface area contributed by atoms with Gasteiger partial charge in [-0.15, -0.1) is 0 Å². The maximum atomic E-state index is 5.33. The Hall–Kier alpha value is -0.830. The van der Waals surface area contributed by atoms with Crippen molar-refractivity contribution in [1.82, 2.24) is 0 Å². The Kier molecular flexibility index (Phi) is 4.54. The van der Waals surface area contributed by atoms with Gasteiger partial charge in [0.1, 0.15) is 5.75 Å². The Labute approximate surface area is 83.8 Å². The van der Waals surface area contributed by atoms with Gasteiger partial charge in [-0.3, -0.25) is 0 Å². The zero-order chi connectivity index (χ0) is 9.52. The first-order chi connectivity index (χ1) is 6.36. The van der Waals surface area contributed by atoms with E-state index in [2.05, 4.69) is 11.6 Å². The second kappa shape index (κ2) is 5.75. The highest BCUT2D eigenvalue weighted by Gasteiger charge is 1.92. The Morgan fingerprint density at radius 2 is 1.92 bits per heavy atom. The van der Waals surface area contributed by atoms with E-state index in [1.807, 2.05) is 31.2 Å². The molecule has 1 aromatic rings. The maximum Gasteiger partial charge on any atom is 0.119 e. The van der Waals surface area contributed by atoms with Crippen LogP contribution in [0.3, 0.4) is 0 Å². The van der Waals surface area contributed by atoms with E-state index in [0.29, 0.717) is 0 Å². The van der Waals surface area contributed by atoms with Crippen molar-refractivity contribution in [2.45, 2.75) is 13.8 Å². The van der Waals surface area contributed by atoms with Gasteiger partial charge < -0.3 is 9.46 Å². The predicted octanol–water partition coefficient (Wildman–Crippen LogP) is 3.17. The summed E-state index contributed by atoms with van der Waals surface area (Å²) in [5.74, 6) is 1.99. The molecule has 0 aromatic heterocycles. The summed E-state index contributed by atoms with van der Waals surface area (Å²) in [6.45, 7) is 4.82. The normalized spacial score (nSPS) is 9.69. The topological polar surface area (TPSA) is 21.3 Å². The molecule has 72 valence electrons. The molecular formula is C10H15NOS. The van der Waals surface area contributed by atoms with Crippen molar-refractivity contribution in [2.75, 3.05) is 17.1 Å². The summed E-state index contributed by atoms with van der Waals surface area (Å²) >= 11 is 1.69. The molecule has 0 amide bonds. The Morgan fingerprint density at radius 3 is 2.46 bits per heavy atom. The predicted molar refractivity (Wildman–Crippen MR) is 59.4 cm³/mol. The van der Waals surface area contributed by atoms with Gasteiger partial charge in [-0.05, 0) is 31.2 Å². The number of hydrogen-bond donors (Lipinski definition) is 1. The first kappa shape index (κ1) is 10.3. The number of hydrogen-bond acceptors (Lipinski definition) is 3. The summed E-state index contributed by atoms with van der Waals surface area (Å²) in [5.41, 5.74) is 1.12. The second-order valence-electron chi connectivity index (χ2n) is 2.49. The summed E-state index contributed by atoms with van der Waals surface area (Å²) < 4.78 is 8.56. The lowest BCUT2D eigenvalue weighted by Crippen LogP contribution is -1.91. The Morgan fingerprint density at radius 1 is 1.23 bits per heavy atom. The van der Waals surface area contributed by atoms with Crippen LogP contribution in [0.15, 0.2) is 24.3 Å². The smallest absolute Gasteiger partial charge is 0.119 e. The molecular weight excluding hydrogens is 182 g/mol. The van der Waals surface area contributed by atoms with Crippen molar-refractivity contribution < 1.29 is 4.74 Å². The van der Waals surface area contributed by atoms with Crippen molar-refractivity contribution in [1.29, 1.82) is 0 Å². The zero-order valence-electron chi connectivity index (χ0n) is 8.04. The lowest BCUT2D eigenvalue weighted by atomic mass is 10.3. The molecule has 0 aliphatic rings. The van der Waals surface area contributed by atoms with Crippen LogP contribution >= 0.6 is 11.9 Å². The third-order valence-corrected chi connectivity index (χ3v) is 2.17. The van der Waals surface area contributed by atoms with Crippen molar-refractivity contribution in [3.8, 4) is 5.75 Å². The molecule has 0 heterocycles. The van der Waals surface area contributed by atoms with Crippen molar-refractivity contribution in [3.05, 3.63) is 24.3 Å². The van der Waals surface area contributed by atoms with Crippen molar-refractivity contribution in [2.24, 2.45) is 0 Å². The minimum atomic E-state index is 0.719. The average Bonchev–Trinajstić information content (AvgIpc) is 2.17. The van der Waals surface area contributed by atoms with E-state index < -0.39 is 0 Å². The van der Waals surface area contributed by atoms with Crippen molar-refractivity contribution >= 4 is 17.6 Å². The van der Waals surface area contributed by atoms with Gasteiger partial charge in [-0.25, -0.2) is 0 Å². The molecule has 13 heavy (non-hydrogen) atoms. The molecule has 0 aliphatic carbocycles. The Balaban J connectivity index is 2.48. The average molecular weight is 197 g/mol. The van der Waals surface area contributed by atoms with E-state index >= 15 is 0 Å². The molecule has 1 aromatic carbocycles. The molecule has 0 fully saturated rings. The lowest BCUT2D eigenvalue weighted by molar-refractivity contribution is 0.340. The van der Waals surface area contributed by atoms with Crippen molar-refractivity contribution in [3.63, 3.8) is 0 Å². The zero-order valence-corrected chi connectivity index (χ0v) is 8.86. The largest absolute Gasteiger partial charge is 0.494 e. The van der Waals surface area contributed by atoms with Crippen LogP contribution in [0.1, 0.15) is 13.8 Å². The molecule has 3 heteroatoms. The van der Waals surface area contributed by atoms with E-state index in [4.69, 9.17) is 4.74 Å². The molecule has 1 N–H and O–H groups in total. The number of ether oxygens (including phenoxy) is 1. The summed E-state index contributed by atoms with van der Waals surface area (Å²) in [5, 5.41) is 0. The van der Waals surface area contributed by atoms with Crippen LogP contribution in [0.25, 0.3) is 0 Å². The van der Waals surface area contributed by atoms with Crippen LogP contribution in [0.4, 0.5) is 5.69 Å². The highest BCUT2D eigenvalue weighted by molar-refractivity contribution is 8.00. The quantitative estimate of drug-likeness (QED) is 0.733. The molecule has 0 atom stereocenters. The molecule has 0 saturated heterocycles. The standard InChI is InChI=1S/C10H15NOS/c1-3-12-10-7-5-9(6-8-10)11-13-4-2/h5-8,11H,3-4H2,1-2H3. The number of anilines is 1. The van der Waals surface area contributed by atoms with Gasteiger partial charge >= 0.3 is 0 Å². The summed E-state index contributed by atoms with van der Waals surface area (Å²) in [7, 11) is 0. The summed E-state index contributed by atoms with van der Waals surface area (Å²) in [4.78, 5) is 0. The molecule has 2 nitrogen and oxygen atoms in total. The summed E-state index contributed by atoms with van der Waals surface area (Å²) in [6.07, 6.45) is 0. The van der Waals surface area contributed by atoms with E-state index in [-0.39, 0.29) is 0 Å². The minimum absolute atomic E-state index is 0.719. The fraction of sp³-hybridized carbons (Fsp3) is 0.400. The minimum Gasteiger partial charge on any atom is -0.494 e. The van der Waals surface area contributed by atoms with Crippen LogP contribution < -0.4 is 9.46 Å². The monoisotopic (exact) mass is 197 g/mol. The lowest BCUT2D eigenvalue weighted by Gasteiger charge is -2.05. The number of benzene rings is 1. The van der Waals surface area contributed by atoms with Gasteiger partial charge in [0.05, 0.1) is 6.61 Å². The fourth-order valence-electron chi connectivity index (χ4n) is 0.941. The van der Waals surface area contributed by atoms with E-state index in [0.717, 1.165) is 23.8 Å². The molecule has 0 saturated carbocycles. The molecule has 0 spiro atoms. The van der Waals surface area contributed by atoms with Crippen LogP contribution in [-0.4, -0.2) is 12.4 Å². The maximum absolute atomic E-state index is 5.33. The first-order valence-electron chi connectivity index (χ1n) is 4.47. The first-order valence-corrected chi connectivity index (χ1v) is 5.46. The molecule has 0 radical (unpaired) electrons. The van der Waals surface area contributed by atoms with Gasteiger partial charge in [-0.1, -0.05) is 18.9 Å². The third kappa shape index (κ3) is 3.59. The van der Waals surface area contributed by atoms with Gasteiger partial charge in [-0.2, -0.15) is 0 Å². The fourth-order valence-corrected chi connectivity index (χ4v) is 1.39. The molecule has 0 bridgehead atoms. The highest BCUT2D eigenvalue weighted by Crippen LogP contribution is 2.17. The third-order valence-electron chi connectivity index (χ3n) is 1.50. The van der Waals surface area contributed by atoms with Crippen LogP contribution in [0, 0.1) is 0 Å². The SMILES string of the molecule is CCOc1ccc(NSCC)cc1. The van der Waals surface area contributed by atoms with Crippen LogP contribution in [-0.2, 0) is 0 Å². The number of nitrogens with one attached hydrogen (secondary N) is 1. The van der Waals surface area contributed by atoms with Crippen LogP contribution in [0.2, 0.25) is 0 Å². The van der Waals surface area contributed by atoms with E-state index in [1.165, 1.54) is 0 Å². The Bertz CT molecular complexity index is 235. The number of rotatable bonds is 5. The highest BCUT2D eigenvalue weighted by atomic mass is 32.2. The molecule has 0 aliphatic heterocycles. The van der Waals surface area contributed by atoms with E-state index in [9.17, 15) is 0 Å². The summed E-state index contributed by atoms with van der Waals surface area (Å²) in [6, 6.07) is 7.99.